The second-order valence-corrected chi connectivity index (χ2v) is 6.64. The highest BCUT2D eigenvalue weighted by atomic mass is 79.9. The van der Waals surface area contributed by atoms with Gasteiger partial charge in [0.25, 0.3) is 0 Å². The maximum absolute atomic E-state index is 10.9. The number of furan rings is 1. The smallest absolute Gasteiger partial charge is 0.335 e. The molecule has 11 heteroatoms. The van der Waals surface area contributed by atoms with E-state index in [-0.39, 0.29) is 17.4 Å². The molecule has 0 saturated carbocycles. The van der Waals surface area contributed by atoms with E-state index >= 15 is 0 Å². The molecule has 0 radical (unpaired) electrons. The number of fused-ring (bicyclic) bond motifs is 1. The van der Waals surface area contributed by atoms with Gasteiger partial charge in [-0.1, -0.05) is 0 Å². The molecule has 0 saturated heterocycles. The Morgan fingerprint density at radius 2 is 1.81 bits per heavy atom. The standard InChI is InChI=1S/C11H7BrN4O3.C5H12N2O/c12-7-2-1-6(19-7)10-14-9-4-5(11(17)18)3-8(13)16(9)15-10;1-6(2)5(8)7(3)4/h1-4H,13H2,(H,17,18);1-4H3. The molecule has 3 rings (SSSR count). The lowest BCUT2D eigenvalue weighted by Crippen LogP contribution is -2.33. The molecule has 0 unspecified atom stereocenters. The van der Waals surface area contributed by atoms with Gasteiger partial charge in [0.2, 0.25) is 5.82 Å². The van der Waals surface area contributed by atoms with Crippen LogP contribution in [0.25, 0.3) is 17.2 Å². The minimum atomic E-state index is -1.07. The quantitative estimate of drug-likeness (QED) is 0.626. The topological polar surface area (TPSA) is 130 Å². The fourth-order valence-corrected chi connectivity index (χ4v) is 2.38. The van der Waals surface area contributed by atoms with E-state index in [1.807, 2.05) is 0 Å². The first-order valence-electron chi connectivity index (χ1n) is 7.64. The van der Waals surface area contributed by atoms with E-state index in [0.29, 0.717) is 21.9 Å². The molecule has 0 aliphatic rings. The number of carbonyl (C=O) groups excluding carboxylic acids is 1. The predicted octanol–water partition coefficient (Wildman–Crippen LogP) is 2.26. The number of nitrogen functional groups attached to an aromatic ring is 1. The minimum absolute atomic E-state index is 0.0185. The summed E-state index contributed by atoms with van der Waals surface area (Å²) in [5, 5.41) is 13.1. The number of nitrogens with two attached hydrogens (primary N) is 1. The maximum atomic E-state index is 10.9. The number of carbonyl (C=O) groups is 2. The molecular formula is C16H19BrN6O4. The number of carboxylic acids is 1. The number of carboxylic acid groups (broad SMARTS) is 1. The third-order valence-electron chi connectivity index (χ3n) is 3.27. The third kappa shape index (κ3) is 4.76. The molecule has 0 aliphatic heterocycles. The van der Waals surface area contributed by atoms with Crippen LogP contribution in [0.2, 0.25) is 0 Å². The molecule has 10 nitrogen and oxygen atoms in total. The van der Waals surface area contributed by atoms with Crippen LogP contribution in [-0.2, 0) is 0 Å². The zero-order valence-corrected chi connectivity index (χ0v) is 16.8. The van der Waals surface area contributed by atoms with E-state index < -0.39 is 5.97 Å². The van der Waals surface area contributed by atoms with Gasteiger partial charge in [0.1, 0.15) is 5.82 Å². The monoisotopic (exact) mass is 438 g/mol. The van der Waals surface area contributed by atoms with Gasteiger partial charge in [-0.05, 0) is 40.2 Å². The molecule has 3 heterocycles. The molecule has 0 aliphatic carbocycles. The van der Waals surface area contributed by atoms with Crippen LogP contribution in [0.3, 0.4) is 0 Å². The third-order valence-corrected chi connectivity index (χ3v) is 3.70. The summed E-state index contributed by atoms with van der Waals surface area (Å²) in [6.07, 6.45) is 0. The zero-order valence-electron chi connectivity index (χ0n) is 15.2. The van der Waals surface area contributed by atoms with Crippen LogP contribution in [0.1, 0.15) is 10.4 Å². The fourth-order valence-electron chi connectivity index (χ4n) is 2.07. The Labute approximate surface area is 163 Å². The van der Waals surface area contributed by atoms with Gasteiger partial charge in [-0.25, -0.2) is 14.6 Å². The van der Waals surface area contributed by atoms with Crippen molar-refractivity contribution in [2.45, 2.75) is 0 Å². The molecule has 0 fully saturated rings. The van der Waals surface area contributed by atoms with Crippen molar-refractivity contribution in [3.63, 3.8) is 0 Å². The molecule has 0 atom stereocenters. The molecule has 0 aromatic carbocycles. The summed E-state index contributed by atoms with van der Waals surface area (Å²) in [6, 6.07) is 6.16. The highest BCUT2D eigenvalue weighted by Gasteiger charge is 2.14. The largest absolute Gasteiger partial charge is 0.478 e. The van der Waals surface area contributed by atoms with Crippen molar-refractivity contribution < 1.29 is 19.1 Å². The summed E-state index contributed by atoms with van der Waals surface area (Å²) in [5.41, 5.74) is 6.16. The van der Waals surface area contributed by atoms with Crippen LogP contribution in [0.4, 0.5) is 10.6 Å². The van der Waals surface area contributed by atoms with Crippen molar-refractivity contribution in [2.75, 3.05) is 33.9 Å². The Morgan fingerprint density at radius 3 is 2.26 bits per heavy atom. The summed E-state index contributed by atoms with van der Waals surface area (Å²) in [5.74, 6) is -0.0782. The SMILES string of the molecule is CN(C)C(=O)N(C)C.Nc1cc(C(=O)O)cc2nc(-c3ccc(Br)o3)nn12. The molecule has 3 aromatic rings. The van der Waals surface area contributed by atoms with Crippen molar-refractivity contribution in [1.82, 2.24) is 24.4 Å². The first-order chi connectivity index (χ1) is 12.6. The van der Waals surface area contributed by atoms with E-state index in [1.165, 1.54) is 26.4 Å². The van der Waals surface area contributed by atoms with E-state index in [9.17, 15) is 9.59 Å². The van der Waals surface area contributed by atoms with Gasteiger partial charge < -0.3 is 25.1 Å². The van der Waals surface area contributed by atoms with Crippen LogP contribution in [0, 0.1) is 0 Å². The van der Waals surface area contributed by atoms with Gasteiger partial charge in [0, 0.05) is 28.2 Å². The highest BCUT2D eigenvalue weighted by molar-refractivity contribution is 9.10. The van der Waals surface area contributed by atoms with E-state index in [4.69, 9.17) is 15.3 Å². The summed E-state index contributed by atoms with van der Waals surface area (Å²) < 4.78 is 7.25. The van der Waals surface area contributed by atoms with Gasteiger partial charge >= 0.3 is 12.0 Å². The normalized spacial score (nSPS) is 10.3. The first-order valence-corrected chi connectivity index (χ1v) is 8.43. The van der Waals surface area contributed by atoms with Crippen LogP contribution in [-0.4, -0.2) is 69.7 Å². The van der Waals surface area contributed by atoms with Crippen molar-refractivity contribution in [3.05, 3.63) is 34.5 Å². The number of rotatable bonds is 2. The number of halogens is 1. The second-order valence-electron chi connectivity index (χ2n) is 5.85. The van der Waals surface area contributed by atoms with Gasteiger partial charge in [0.15, 0.2) is 16.1 Å². The Kier molecular flexibility index (Phi) is 6.05. The van der Waals surface area contributed by atoms with Gasteiger partial charge in [-0.15, -0.1) is 5.10 Å². The summed E-state index contributed by atoms with van der Waals surface area (Å²) in [4.78, 5) is 28.9. The van der Waals surface area contributed by atoms with Crippen molar-refractivity contribution in [2.24, 2.45) is 0 Å². The molecular weight excluding hydrogens is 420 g/mol. The second kappa shape index (κ2) is 8.08. The number of anilines is 1. The summed E-state index contributed by atoms with van der Waals surface area (Å²) in [7, 11) is 6.90. The fraction of sp³-hybridized carbons (Fsp3) is 0.250. The molecule has 27 heavy (non-hydrogen) atoms. The lowest BCUT2D eigenvalue weighted by molar-refractivity contribution is 0.0697. The number of pyridine rings is 1. The van der Waals surface area contributed by atoms with Crippen LogP contribution < -0.4 is 5.73 Å². The minimum Gasteiger partial charge on any atom is -0.478 e. The predicted molar refractivity (Wildman–Crippen MR) is 103 cm³/mol. The lowest BCUT2D eigenvalue weighted by Gasteiger charge is -2.16. The number of urea groups is 1. The number of amides is 2. The number of aromatic carboxylic acids is 1. The molecule has 0 spiro atoms. The summed E-state index contributed by atoms with van der Waals surface area (Å²) in [6.45, 7) is 0. The van der Waals surface area contributed by atoms with Crippen molar-refractivity contribution in [1.29, 1.82) is 0 Å². The Hall–Kier alpha value is -3.08. The summed E-state index contributed by atoms with van der Waals surface area (Å²) >= 11 is 3.19. The number of aromatic nitrogens is 3. The van der Waals surface area contributed by atoms with Gasteiger partial charge in [-0.2, -0.15) is 4.52 Å². The van der Waals surface area contributed by atoms with Crippen LogP contribution in [0.15, 0.2) is 33.4 Å². The highest BCUT2D eigenvalue weighted by Crippen LogP contribution is 2.23. The molecule has 3 N–H and O–H groups in total. The average Bonchev–Trinajstić information content (AvgIpc) is 3.20. The molecule has 144 valence electrons. The molecule has 3 aromatic heterocycles. The van der Waals surface area contributed by atoms with Gasteiger partial charge in [0.05, 0.1) is 5.56 Å². The van der Waals surface area contributed by atoms with Crippen LogP contribution in [0.5, 0.6) is 0 Å². The average molecular weight is 439 g/mol. The Bertz CT molecular complexity index is 969. The Balaban J connectivity index is 0.000000279. The first kappa shape index (κ1) is 20.2. The van der Waals surface area contributed by atoms with Crippen LogP contribution >= 0.6 is 15.9 Å². The lowest BCUT2D eigenvalue weighted by atomic mass is 10.2. The van der Waals surface area contributed by atoms with Crippen molar-refractivity contribution in [3.8, 4) is 11.6 Å². The maximum Gasteiger partial charge on any atom is 0.335 e. The zero-order chi connectivity index (χ0) is 20.3. The van der Waals surface area contributed by atoms with E-state index in [2.05, 4.69) is 26.0 Å². The Morgan fingerprint density at radius 1 is 1.19 bits per heavy atom. The van der Waals surface area contributed by atoms with Crippen molar-refractivity contribution >= 4 is 39.4 Å². The number of hydrogen-bond donors (Lipinski definition) is 2. The van der Waals surface area contributed by atoms with E-state index in [1.54, 1.807) is 40.3 Å². The molecule has 2 amide bonds. The molecule has 0 bridgehead atoms. The number of hydrogen-bond acceptors (Lipinski definition) is 6. The van der Waals surface area contributed by atoms with Gasteiger partial charge in [-0.3, -0.25) is 0 Å². The van der Waals surface area contributed by atoms with E-state index in [0.717, 1.165) is 0 Å². The number of nitrogens with zero attached hydrogens (tertiary/aromatic N) is 5.